The molecule has 19 heavy (non-hydrogen) atoms. The molecule has 0 aliphatic heterocycles. The summed E-state index contributed by atoms with van der Waals surface area (Å²) in [6.07, 6.45) is 0. The van der Waals surface area contributed by atoms with Crippen LogP contribution in [0.25, 0.3) is 11.3 Å². The minimum atomic E-state index is -1.18. The molecule has 2 rings (SSSR count). The minimum Gasteiger partial charge on any atom is -0.497 e. The smallest absolute Gasteiger partial charge is 0.358 e. The highest BCUT2D eigenvalue weighted by Gasteiger charge is 2.19. The van der Waals surface area contributed by atoms with Gasteiger partial charge in [-0.3, -0.25) is 0 Å². The number of rotatable bonds is 4. The second kappa shape index (κ2) is 5.19. The maximum absolute atomic E-state index is 10.8. The van der Waals surface area contributed by atoms with Crippen LogP contribution < -0.4 is 9.47 Å². The zero-order valence-corrected chi connectivity index (χ0v) is 10.9. The number of aromatic nitrogens is 1. The molecule has 1 heterocycles. The number of carbonyl (C=O) groups is 1. The van der Waals surface area contributed by atoms with Crippen molar-refractivity contribution in [3.05, 3.63) is 28.9 Å². The Bertz CT molecular complexity index is 623. The van der Waals surface area contributed by atoms with Gasteiger partial charge in [-0.05, 0) is 6.07 Å². The molecule has 0 atom stereocenters. The summed E-state index contributed by atoms with van der Waals surface area (Å²) in [6.45, 7) is 0. The molecule has 0 aliphatic carbocycles. The van der Waals surface area contributed by atoms with Crippen LogP contribution in [-0.4, -0.2) is 30.5 Å². The van der Waals surface area contributed by atoms with Crippen LogP contribution >= 0.6 is 11.6 Å². The highest BCUT2D eigenvalue weighted by atomic mass is 35.5. The van der Waals surface area contributed by atoms with Gasteiger partial charge < -0.3 is 19.1 Å². The number of ether oxygens (including phenoxy) is 2. The fraction of sp³-hybridized carbons (Fsp3) is 0.167. The largest absolute Gasteiger partial charge is 0.497 e. The lowest BCUT2D eigenvalue weighted by Crippen LogP contribution is -1.94. The standard InChI is InChI=1S/C12H10ClNO5/c1-17-6-3-7(13)11(9(4-6)18-2)10-5-8(12(15)16)14-19-10/h3-5H,1-2H3,(H,15,16). The van der Waals surface area contributed by atoms with Gasteiger partial charge in [0.25, 0.3) is 0 Å². The molecule has 0 bridgehead atoms. The van der Waals surface area contributed by atoms with Gasteiger partial charge in [-0.2, -0.15) is 0 Å². The van der Waals surface area contributed by atoms with Gasteiger partial charge in [-0.15, -0.1) is 0 Å². The fourth-order valence-corrected chi connectivity index (χ4v) is 1.86. The molecule has 6 nitrogen and oxygen atoms in total. The quantitative estimate of drug-likeness (QED) is 0.929. The van der Waals surface area contributed by atoms with Gasteiger partial charge in [-0.1, -0.05) is 16.8 Å². The van der Waals surface area contributed by atoms with Crippen LogP contribution in [0.4, 0.5) is 0 Å². The summed E-state index contributed by atoms with van der Waals surface area (Å²) in [7, 11) is 2.96. The van der Waals surface area contributed by atoms with Crippen LogP contribution in [0.3, 0.4) is 0 Å². The number of nitrogens with zero attached hydrogens (tertiary/aromatic N) is 1. The third-order valence-electron chi connectivity index (χ3n) is 2.46. The molecule has 0 saturated heterocycles. The first-order valence-corrected chi connectivity index (χ1v) is 5.56. The normalized spacial score (nSPS) is 10.3. The fourth-order valence-electron chi connectivity index (χ4n) is 1.57. The van der Waals surface area contributed by atoms with E-state index < -0.39 is 5.97 Å². The summed E-state index contributed by atoms with van der Waals surface area (Å²) in [5.41, 5.74) is 0.217. The van der Waals surface area contributed by atoms with Gasteiger partial charge in [0.1, 0.15) is 11.5 Å². The zero-order valence-electron chi connectivity index (χ0n) is 10.1. The van der Waals surface area contributed by atoms with E-state index in [9.17, 15) is 4.79 Å². The number of hydrogen-bond donors (Lipinski definition) is 1. The van der Waals surface area contributed by atoms with Crippen molar-refractivity contribution in [2.75, 3.05) is 14.2 Å². The van der Waals surface area contributed by atoms with E-state index in [1.807, 2.05) is 0 Å². The van der Waals surface area contributed by atoms with E-state index in [1.165, 1.54) is 20.3 Å². The Morgan fingerprint density at radius 1 is 1.32 bits per heavy atom. The van der Waals surface area contributed by atoms with Crippen molar-refractivity contribution < 1.29 is 23.9 Å². The van der Waals surface area contributed by atoms with Crippen molar-refractivity contribution >= 4 is 17.6 Å². The molecule has 100 valence electrons. The Hall–Kier alpha value is -2.21. The molecule has 0 amide bonds. The van der Waals surface area contributed by atoms with Crippen LogP contribution in [0.5, 0.6) is 11.5 Å². The van der Waals surface area contributed by atoms with Gasteiger partial charge >= 0.3 is 5.97 Å². The van der Waals surface area contributed by atoms with E-state index in [2.05, 4.69) is 5.16 Å². The second-order valence-electron chi connectivity index (χ2n) is 3.57. The van der Waals surface area contributed by atoms with Gasteiger partial charge in [-0.25, -0.2) is 4.79 Å². The summed E-state index contributed by atoms with van der Waals surface area (Å²) >= 11 is 6.12. The maximum atomic E-state index is 10.8. The van der Waals surface area contributed by atoms with Crippen molar-refractivity contribution in [3.8, 4) is 22.8 Å². The van der Waals surface area contributed by atoms with Gasteiger partial charge in [0.15, 0.2) is 11.5 Å². The number of benzene rings is 1. The van der Waals surface area contributed by atoms with Gasteiger partial charge in [0, 0.05) is 12.1 Å². The van der Waals surface area contributed by atoms with Gasteiger partial charge in [0.05, 0.1) is 24.8 Å². The van der Waals surface area contributed by atoms with Crippen molar-refractivity contribution in [2.45, 2.75) is 0 Å². The summed E-state index contributed by atoms with van der Waals surface area (Å²) in [6, 6.07) is 4.46. The van der Waals surface area contributed by atoms with Crippen molar-refractivity contribution in [1.29, 1.82) is 0 Å². The molecule has 0 aliphatic rings. The summed E-state index contributed by atoms with van der Waals surface area (Å²) in [5, 5.41) is 12.6. The van der Waals surface area contributed by atoms with Crippen molar-refractivity contribution in [3.63, 3.8) is 0 Å². The summed E-state index contributed by atoms with van der Waals surface area (Å²) in [5.74, 6) is -0.0542. The molecular weight excluding hydrogens is 274 g/mol. The lowest BCUT2D eigenvalue weighted by atomic mass is 10.1. The summed E-state index contributed by atoms with van der Waals surface area (Å²) < 4.78 is 15.2. The van der Waals surface area contributed by atoms with Crippen molar-refractivity contribution in [2.24, 2.45) is 0 Å². The Labute approximate surface area is 113 Å². The SMILES string of the molecule is COc1cc(Cl)c(-c2cc(C(=O)O)no2)c(OC)c1. The number of aromatic carboxylic acids is 1. The van der Waals surface area contributed by atoms with Gasteiger partial charge in [0.2, 0.25) is 0 Å². The Kier molecular flexibility index (Phi) is 3.62. The lowest BCUT2D eigenvalue weighted by molar-refractivity contribution is 0.0686. The Morgan fingerprint density at radius 3 is 2.58 bits per heavy atom. The molecular formula is C12H10ClNO5. The molecule has 7 heteroatoms. The number of halogens is 1. The van der Waals surface area contributed by atoms with E-state index in [0.29, 0.717) is 22.1 Å². The molecule has 0 saturated carbocycles. The van der Waals surface area contributed by atoms with Crippen LogP contribution in [-0.2, 0) is 0 Å². The predicted octanol–water partition coefficient (Wildman–Crippen LogP) is 2.71. The first-order valence-electron chi connectivity index (χ1n) is 5.18. The third kappa shape index (κ3) is 2.48. The van der Waals surface area contributed by atoms with E-state index in [4.69, 9.17) is 30.7 Å². The van der Waals surface area contributed by atoms with Crippen molar-refractivity contribution in [1.82, 2.24) is 5.16 Å². The second-order valence-corrected chi connectivity index (χ2v) is 3.98. The molecule has 1 aromatic carbocycles. The average Bonchev–Trinajstić information content (AvgIpc) is 2.86. The molecule has 0 unspecified atom stereocenters. The first-order chi connectivity index (χ1) is 9.06. The number of carboxylic acid groups (broad SMARTS) is 1. The summed E-state index contributed by atoms with van der Waals surface area (Å²) in [4.78, 5) is 10.8. The predicted molar refractivity (Wildman–Crippen MR) is 67.0 cm³/mol. The van der Waals surface area contributed by atoms with E-state index in [0.717, 1.165) is 0 Å². The van der Waals surface area contributed by atoms with E-state index >= 15 is 0 Å². The first kappa shape index (κ1) is 13.2. The number of methoxy groups -OCH3 is 2. The Morgan fingerprint density at radius 2 is 2.05 bits per heavy atom. The monoisotopic (exact) mass is 283 g/mol. The molecule has 2 aromatic rings. The van der Waals surface area contributed by atoms with E-state index in [-0.39, 0.29) is 11.5 Å². The zero-order chi connectivity index (χ0) is 14.0. The Balaban J connectivity index is 2.56. The third-order valence-corrected chi connectivity index (χ3v) is 2.76. The molecule has 1 aromatic heterocycles. The molecule has 1 N–H and O–H groups in total. The lowest BCUT2D eigenvalue weighted by Gasteiger charge is -2.10. The highest BCUT2D eigenvalue weighted by molar-refractivity contribution is 6.33. The molecule has 0 spiro atoms. The maximum Gasteiger partial charge on any atom is 0.358 e. The highest BCUT2D eigenvalue weighted by Crippen LogP contribution is 2.40. The molecule has 0 radical (unpaired) electrons. The topological polar surface area (TPSA) is 81.8 Å². The average molecular weight is 284 g/mol. The van der Waals surface area contributed by atoms with Crippen LogP contribution in [0.15, 0.2) is 22.7 Å². The minimum absolute atomic E-state index is 0.205. The number of hydrogen-bond acceptors (Lipinski definition) is 5. The van der Waals surface area contributed by atoms with E-state index in [1.54, 1.807) is 12.1 Å². The van der Waals surface area contributed by atoms with Crippen LogP contribution in [0.2, 0.25) is 5.02 Å². The molecule has 0 fully saturated rings. The van der Waals surface area contributed by atoms with Crippen LogP contribution in [0.1, 0.15) is 10.5 Å². The van der Waals surface area contributed by atoms with Crippen LogP contribution in [0, 0.1) is 0 Å². The number of carboxylic acids is 1.